The first-order chi connectivity index (χ1) is 9.80. The Balaban J connectivity index is 2.42. The van der Waals surface area contributed by atoms with Crippen molar-refractivity contribution in [2.75, 3.05) is 56.9 Å². The van der Waals surface area contributed by atoms with Crippen molar-refractivity contribution in [2.24, 2.45) is 0 Å². The summed E-state index contributed by atoms with van der Waals surface area (Å²) in [5.41, 5.74) is 0. The van der Waals surface area contributed by atoms with Gasteiger partial charge in [-0.15, -0.1) is 0 Å². The van der Waals surface area contributed by atoms with Gasteiger partial charge in [0.1, 0.15) is 11.6 Å². The molecule has 6 nitrogen and oxygen atoms in total. The second-order valence-corrected chi connectivity index (χ2v) is 4.86. The van der Waals surface area contributed by atoms with Crippen LogP contribution >= 0.6 is 11.8 Å². The number of nitrogens with one attached hydrogen (secondary N) is 2. The molecule has 114 valence electrons. The van der Waals surface area contributed by atoms with Gasteiger partial charge < -0.3 is 20.1 Å². The van der Waals surface area contributed by atoms with Crippen LogP contribution in [0.1, 0.15) is 13.3 Å². The number of hydrogen-bond acceptors (Lipinski definition) is 7. The van der Waals surface area contributed by atoms with E-state index in [-0.39, 0.29) is 0 Å². The Bertz CT molecular complexity index is 379. The Morgan fingerprint density at radius 2 is 1.80 bits per heavy atom. The molecule has 20 heavy (non-hydrogen) atoms. The van der Waals surface area contributed by atoms with Crippen LogP contribution in [0, 0.1) is 0 Å². The molecule has 0 aliphatic carbocycles. The lowest BCUT2D eigenvalue weighted by molar-refractivity contribution is 0.0759. The number of thioether (sulfide) groups is 1. The van der Waals surface area contributed by atoms with Gasteiger partial charge in [-0.25, -0.2) is 9.97 Å². The zero-order valence-electron chi connectivity index (χ0n) is 12.4. The summed E-state index contributed by atoms with van der Waals surface area (Å²) in [4.78, 5) is 8.83. The summed E-state index contributed by atoms with van der Waals surface area (Å²) < 4.78 is 10.3. The average molecular weight is 300 g/mol. The molecule has 1 aromatic heterocycles. The quantitative estimate of drug-likeness (QED) is 0.368. The molecule has 0 aliphatic heterocycles. The molecule has 0 fully saturated rings. The SMILES string of the molecule is CCCNc1cc(NCCOCCOC)nc(SC)n1. The molecule has 0 amide bonds. The van der Waals surface area contributed by atoms with Crippen LogP contribution in [0.25, 0.3) is 0 Å². The van der Waals surface area contributed by atoms with Crippen LogP contribution in [-0.2, 0) is 9.47 Å². The number of anilines is 2. The summed E-state index contributed by atoms with van der Waals surface area (Å²) in [6, 6.07) is 1.92. The molecule has 0 aromatic carbocycles. The molecule has 0 unspecified atom stereocenters. The lowest BCUT2D eigenvalue weighted by Gasteiger charge is -2.10. The molecule has 0 saturated carbocycles. The van der Waals surface area contributed by atoms with Crippen molar-refractivity contribution in [2.45, 2.75) is 18.5 Å². The molecule has 0 saturated heterocycles. The Morgan fingerprint density at radius 1 is 1.10 bits per heavy atom. The van der Waals surface area contributed by atoms with Crippen molar-refractivity contribution in [3.8, 4) is 0 Å². The molecule has 2 N–H and O–H groups in total. The van der Waals surface area contributed by atoms with E-state index in [1.165, 1.54) is 11.8 Å². The predicted molar refractivity (Wildman–Crippen MR) is 83.8 cm³/mol. The Labute approximate surface area is 125 Å². The maximum Gasteiger partial charge on any atom is 0.191 e. The molecule has 7 heteroatoms. The molecular formula is C13H24N4O2S. The van der Waals surface area contributed by atoms with E-state index in [0.717, 1.165) is 29.8 Å². The second-order valence-electron chi connectivity index (χ2n) is 4.08. The third-order valence-corrected chi connectivity index (χ3v) is 2.98. The highest BCUT2D eigenvalue weighted by Gasteiger charge is 2.03. The molecule has 0 aliphatic rings. The van der Waals surface area contributed by atoms with Crippen molar-refractivity contribution in [3.63, 3.8) is 0 Å². The van der Waals surface area contributed by atoms with E-state index in [9.17, 15) is 0 Å². The van der Waals surface area contributed by atoms with Crippen LogP contribution in [0.2, 0.25) is 0 Å². The van der Waals surface area contributed by atoms with Crippen molar-refractivity contribution in [3.05, 3.63) is 6.07 Å². The van der Waals surface area contributed by atoms with Gasteiger partial charge in [0.25, 0.3) is 0 Å². The standard InChI is InChI=1S/C13H24N4O2S/c1-4-5-14-11-10-12(17-13(16-11)20-3)15-6-7-19-9-8-18-2/h10H,4-9H2,1-3H3,(H2,14,15,16,17). The summed E-state index contributed by atoms with van der Waals surface area (Å²) in [6.45, 7) is 5.60. The van der Waals surface area contributed by atoms with Gasteiger partial charge in [-0.1, -0.05) is 18.7 Å². The Hall–Kier alpha value is -1.05. The van der Waals surface area contributed by atoms with Gasteiger partial charge in [0.15, 0.2) is 5.16 Å². The van der Waals surface area contributed by atoms with E-state index >= 15 is 0 Å². The topological polar surface area (TPSA) is 68.3 Å². The lowest BCUT2D eigenvalue weighted by atomic mass is 10.4. The second kappa shape index (κ2) is 10.7. The number of aromatic nitrogens is 2. The molecule has 0 spiro atoms. The predicted octanol–water partition coefficient (Wildman–Crippen LogP) is 2.10. The van der Waals surface area contributed by atoms with E-state index in [1.807, 2.05) is 12.3 Å². The van der Waals surface area contributed by atoms with Gasteiger partial charge >= 0.3 is 0 Å². The van der Waals surface area contributed by atoms with Crippen LogP contribution in [0.3, 0.4) is 0 Å². The fourth-order valence-corrected chi connectivity index (χ4v) is 1.83. The summed E-state index contributed by atoms with van der Waals surface area (Å²) in [7, 11) is 1.66. The number of hydrogen-bond donors (Lipinski definition) is 2. The lowest BCUT2D eigenvalue weighted by Crippen LogP contribution is -2.13. The summed E-state index contributed by atoms with van der Waals surface area (Å²) >= 11 is 1.53. The smallest absolute Gasteiger partial charge is 0.191 e. The zero-order valence-corrected chi connectivity index (χ0v) is 13.3. The van der Waals surface area contributed by atoms with E-state index < -0.39 is 0 Å². The molecule has 1 rings (SSSR count). The highest BCUT2D eigenvalue weighted by atomic mass is 32.2. The highest BCUT2D eigenvalue weighted by Crippen LogP contribution is 2.17. The van der Waals surface area contributed by atoms with Crippen molar-refractivity contribution in [1.29, 1.82) is 0 Å². The van der Waals surface area contributed by atoms with Crippen LogP contribution in [0.5, 0.6) is 0 Å². The maximum atomic E-state index is 5.40. The van der Waals surface area contributed by atoms with Crippen molar-refractivity contribution in [1.82, 2.24) is 9.97 Å². The Kier molecular flexibility index (Phi) is 9.10. The van der Waals surface area contributed by atoms with Crippen LogP contribution in [0.15, 0.2) is 11.2 Å². The summed E-state index contributed by atoms with van der Waals surface area (Å²) in [5, 5.41) is 7.28. The minimum absolute atomic E-state index is 0.612. The van der Waals surface area contributed by atoms with Gasteiger partial charge in [0, 0.05) is 26.3 Å². The fraction of sp³-hybridized carbons (Fsp3) is 0.692. The normalized spacial score (nSPS) is 10.6. The van der Waals surface area contributed by atoms with E-state index in [0.29, 0.717) is 26.4 Å². The van der Waals surface area contributed by atoms with Gasteiger partial charge in [-0.2, -0.15) is 0 Å². The van der Waals surface area contributed by atoms with Crippen LogP contribution in [-0.4, -0.2) is 56.2 Å². The third kappa shape index (κ3) is 6.93. The first-order valence-electron chi connectivity index (χ1n) is 6.77. The van der Waals surface area contributed by atoms with Crippen LogP contribution < -0.4 is 10.6 Å². The molecule has 0 bridgehead atoms. The van der Waals surface area contributed by atoms with Crippen molar-refractivity contribution >= 4 is 23.4 Å². The van der Waals surface area contributed by atoms with Gasteiger partial charge in [-0.05, 0) is 12.7 Å². The number of rotatable bonds is 11. The average Bonchev–Trinajstić information content (AvgIpc) is 2.48. The molecule has 0 atom stereocenters. The van der Waals surface area contributed by atoms with E-state index in [4.69, 9.17) is 9.47 Å². The molecular weight excluding hydrogens is 276 g/mol. The molecule has 1 heterocycles. The van der Waals surface area contributed by atoms with E-state index in [1.54, 1.807) is 7.11 Å². The number of ether oxygens (including phenoxy) is 2. The number of methoxy groups -OCH3 is 1. The highest BCUT2D eigenvalue weighted by molar-refractivity contribution is 7.98. The minimum Gasteiger partial charge on any atom is -0.382 e. The third-order valence-electron chi connectivity index (χ3n) is 2.43. The first-order valence-corrected chi connectivity index (χ1v) is 8.00. The van der Waals surface area contributed by atoms with Crippen molar-refractivity contribution < 1.29 is 9.47 Å². The summed E-state index contributed by atoms with van der Waals surface area (Å²) in [5.74, 6) is 1.67. The summed E-state index contributed by atoms with van der Waals surface area (Å²) in [6.07, 6.45) is 3.03. The fourth-order valence-electron chi connectivity index (χ4n) is 1.45. The van der Waals surface area contributed by atoms with Crippen LogP contribution in [0.4, 0.5) is 11.6 Å². The maximum absolute atomic E-state index is 5.40. The minimum atomic E-state index is 0.612. The molecule has 1 aromatic rings. The van der Waals surface area contributed by atoms with Gasteiger partial charge in [0.2, 0.25) is 0 Å². The largest absolute Gasteiger partial charge is 0.382 e. The molecule has 0 radical (unpaired) electrons. The first kappa shape index (κ1) is 17.0. The van der Waals surface area contributed by atoms with E-state index in [2.05, 4.69) is 27.5 Å². The number of nitrogens with zero attached hydrogens (tertiary/aromatic N) is 2. The van der Waals surface area contributed by atoms with Gasteiger partial charge in [0.05, 0.1) is 19.8 Å². The van der Waals surface area contributed by atoms with Gasteiger partial charge in [-0.3, -0.25) is 0 Å². The monoisotopic (exact) mass is 300 g/mol. The zero-order chi connectivity index (χ0) is 14.6. The Morgan fingerprint density at radius 3 is 2.40 bits per heavy atom.